The van der Waals surface area contributed by atoms with Gasteiger partial charge in [-0.15, -0.1) is 0 Å². The summed E-state index contributed by atoms with van der Waals surface area (Å²) in [5, 5.41) is 0. The molecule has 1 atom stereocenters. The standard InChI is InChI=1S/C12H26BN/c1-4-5-6-7-10-14-11-8-9-12(14)13(2)3/h12H,4-11H2,1-3H3. The summed E-state index contributed by atoms with van der Waals surface area (Å²) in [6, 6.07) is 0. The molecule has 0 saturated carbocycles. The van der Waals surface area contributed by atoms with Gasteiger partial charge in [0, 0.05) is 0 Å². The van der Waals surface area contributed by atoms with Crippen LogP contribution in [0.1, 0.15) is 45.4 Å². The SMILES string of the molecule is CCCCCCN1CCCC1B(C)C. The Morgan fingerprint density at radius 3 is 2.64 bits per heavy atom. The van der Waals surface area contributed by atoms with Crippen LogP contribution in [0, 0.1) is 0 Å². The third-order valence-electron chi connectivity index (χ3n) is 3.48. The molecule has 0 aromatic rings. The highest BCUT2D eigenvalue weighted by atomic mass is 15.2. The molecule has 0 radical (unpaired) electrons. The fourth-order valence-electron chi connectivity index (χ4n) is 2.63. The van der Waals surface area contributed by atoms with E-state index in [0.717, 1.165) is 12.7 Å². The van der Waals surface area contributed by atoms with Crippen molar-refractivity contribution in [3.8, 4) is 0 Å². The lowest BCUT2D eigenvalue weighted by atomic mass is 9.48. The molecule has 0 spiro atoms. The molecule has 1 aliphatic rings. The molecule has 1 fully saturated rings. The van der Waals surface area contributed by atoms with Crippen molar-refractivity contribution in [2.75, 3.05) is 13.1 Å². The zero-order chi connectivity index (χ0) is 10.4. The van der Waals surface area contributed by atoms with E-state index in [1.165, 1.54) is 51.6 Å². The maximum atomic E-state index is 2.72. The van der Waals surface area contributed by atoms with Gasteiger partial charge >= 0.3 is 0 Å². The molecule has 1 rings (SSSR count). The van der Waals surface area contributed by atoms with Crippen molar-refractivity contribution in [3.63, 3.8) is 0 Å². The van der Waals surface area contributed by atoms with E-state index in [0.29, 0.717) is 0 Å². The number of hydrogen-bond acceptors (Lipinski definition) is 1. The molecule has 14 heavy (non-hydrogen) atoms. The Kier molecular flexibility index (Phi) is 5.61. The molecule has 1 saturated heterocycles. The Balaban J connectivity index is 2.16. The molecular formula is C12H26BN. The van der Waals surface area contributed by atoms with Gasteiger partial charge in [0.05, 0.1) is 0 Å². The second-order valence-corrected chi connectivity index (χ2v) is 5.05. The van der Waals surface area contributed by atoms with E-state index in [-0.39, 0.29) is 0 Å². The molecule has 0 N–H and O–H groups in total. The zero-order valence-corrected chi connectivity index (χ0v) is 10.3. The van der Waals surface area contributed by atoms with Crippen LogP contribution < -0.4 is 0 Å². The number of hydrogen-bond donors (Lipinski definition) is 0. The molecule has 0 aromatic heterocycles. The van der Waals surface area contributed by atoms with Crippen molar-refractivity contribution in [2.24, 2.45) is 0 Å². The summed E-state index contributed by atoms with van der Waals surface area (Å²) in [7, 11) is 0. The summed E-state index contributed by atoms with van der Waals surface area (Å²) in [6.45, 7) is 10.6. The molecule has 0 aliphatic carbocycles. The van der Waals surface area contributed by atoms with Gasteiger partial charge in [0.25, 0.3) is 0 Å². The molecule has 0 aromatic carbocycles. The summed E-state index contributed by atoms with van der Waals surface area (Å²) in [4.78, 5) is 2.72. The quantitative estimate of drug-likeness (QED) is 0.464. The Hall–Kier alpha value is 0.0249. The predicted molar refractivity (Wildman–Crippen MR) is 66.2 cm³/mol. The Labute approximate surface area is 90.3 Å². The fourth-order valence-corrected chi connectivity index (χ4v) is 2.63. The molecular weight excluding hydrogens is 169 g/mol. The monoisotopic (exact) mass is 195 g/mol. The summed E-state index contributed by atoms with van der Waals surface area (Å²) >= 11 is 0. The third kappa shape index (κ3) is 3.64. The topological polar surface area (TPSA) is 3.24 Å². The van der Waals surface area contributed by atoms with Gasteiger partial charge in [0.15, 0.2) is 6.71 Å². The van der Waals surface area contributed by atoms with Gasteiger partial charge in [-0.3, -0.25) is 0 Å². The smallest absolute Gasteiger partial charge is 0.154 e. The molecule has 1 unspecified atom stereocenters. The van der Waals surface area contributed by atoms with Crippen LogP contribution in [0.15, 0.2) is 0 Å². The average molecular weight is 195 g/mol. The minimum absolute atomic E-state index is 0.851. The van der Waals surface area contributed by atoms with Crippen molar-refractivity contribution in [1.82, 2.24) is 4.90 Å². The van der Waals surface area contributed by atoms with E-state index >= 15 is 0 Å². The number of rotatable bonds is 6. The first kappa shape index (κ1) is 12.1. The molecule has 0 amide bonds. The molecule has 1 nitrogen and oxygen atoms in total. The predicted octanol–water partition coefficient (Wildman–Crippen LogP) is 3.32. The van der Waals surface area contributed by atoms with Crippen molar-refractivity contribution in [2.45, 2.75) is 65.0 Å². The van der Waals surface area contributed by atoms with Crippen molar-refractivity contribution in [1.29, 1.82) is 0 Å². The van der Waals surface area contributed by atoms with Gasteiger partial charge < -0.3 is 4.90 Å². The van der Waals surface area contributed by atoms with Gasteiger partial charge in [0.2, 0.25) is 0 Å². The molecule has 1 heterocycles. The lowest BCUT2D eigenvalue weighted by Gasteiger charge is -2.26. The third-order valence-corrected chi connectivity index (χ3v) is 3.48. The second-order valence-electron chi connectivity index (χ2n) is 5.05. The largest absolute Gasteiger partial charge is 0.308 e. The number of likely N-dealkylation sites (tertiary alicyclic amines) is 1. The molecule has 2 heteroatoms. The van der Waals surface area contributed by atoms with E-state index in [9.17, 15) is 0 Å². The summed E-state index contributed by atoms with van der Waals surface area (Å²) < 4.78 is 0. The highest BCUT2D eigenvalue weighted by Gasteiger charge is 2.27. The second kappa shape index (κ2) is 6.50. The van der Waals surface area contributed by atoms with E-state index < -0.39 is 0 Å². The lowest BCUT2D eigenvalue weighted by Crippen LogP contribution is -2.39. The van der Waals surface area contributed by atoms with Crippen LogP contribution in [0.2, 0.25) is 13.6 Å². The Morgan fingerprint density at radius 1 is 1.21 bits per heavy atom. The van der Waals surface area contributed by atoms with Crippen LogP contribution in [0.5, 0.6) is 0 Å². The first-order valence-electron chi connectivity index (χ1n) is 6.49. The maximum Gasteiger partial charge on any atom is 0.154 e. The summed E-state index contributed by atoms with van der Waals surface area (Å²) in [5.74, 6) is 0.886. The normalized spacial score (nSPS) is 22.9. The lowest BCUT2D eigenvalue weighted by molar-refractivity contribution is 0.298. The van der Waals surface area contributed by atoms with Gasteiger partial charge in [0.1, 0.15) is 0 Å². The van der Waals surface area contributed by atoms with Crippen molar-refractivity contribution < 1.29 is 0 Å². The van der Waals surface area contributed by atoms with Gasteiger partial charge in [-0.25, -0.2) is 0 Å². The zero-order valence-electron chi connectivity index (χ0n) is 10.3. The summed E-state index contributed by atoms with van der Waals surface area (Å²) in [6.07, 6.45) is 8.48. The molecule has 1 aliphatic heterocycles. The van der Waals surface area contributed by atoms with Crippen molar-refractivity contribution >= 4 is 6.71 Å². The average Bonchev–Trinajstić information content (AvgIpc) is 2.60. The Bertz CT molecular complexity index is 147. The minimum atomic E-state index is 0.851. The van der Waals surface area contributed by atoms with Gasteiger partial charge in [-0.1, -0.05) is 39.8 Å². The maximum absolute atomic E-state index is 2.72. The highest BCUT2D eigenvalue weighted by molar-refractivity contribution is 6.57. The van der Waals surface area contributed by atoms with Crippen LogP contribution in [0.3, 0.4) is 0 Å². The van der Waals surface area contributed by atoms with E-state index in [2.05, 4.69) is 25.5 Å². The first-order chi connectivity index (χ1) is 6.75. The van der Waals surface area contributed by atoms with E-state index in [4.69, 9.17) is 0 Å². The number of unbranched alkanes of at least 4 members (excludes halogenated alkanes) is 3. The van der Waals surface area contributed by atoms with Crippen LogP contribution in [0.25, 0.3) is 0 Å². The van der Waals surface area contributed by atoms with E-state index in [1.54, 1.807) is 0 Å². The summed E-state index contributed by atoms with van der Waals surface area (Å²) in [5.41, 5.74) is 0. The van der Waals surface area contributed by atoms with Gasteiger partial charge in [-0.05, 0) is 38.3 Å². The van der Waals surface area contributed by atoms with Crippen LogP contribution in [0.4, 0.5) is 0 Å². The molecule has 82 valence electrons. The van der Waals surface area contributed by atoms with Gasteiger partial charge in [-0.2, -0.15) is 0 Å². The van der Waals surface area contributed by atoms with Crippen molar-refractivity contribution in [3.05, 3.63) is 0 Å². The first-order valence-corrected chi connectivity index (χ1v) is 6.49. The van der Waals surface area contributed by atoms with Crippen LogP contribution in [-0.2, 0) is 0 Å². The molecule has 0 bridgehead atoms. The van der Waals surface area contributed by atoms with Crippen LogP contribution >= 0.6 is 0 Å². The van der Waals surface area contributed by atoms with E-state index in [1.807, 2.05) is 0 Å². The van der Waals surface area contributed by atoms with Crippen LogP contribution in [-0.4, -0.2) is 30.6 Å². The highest BCUT2D eigenvalue weighted by Crippen LogP contribution is 2.20. The minimum Gasteiger partial charge on any atom is -0.308 e. The fraction of sp³-hybridized carbons (Fsp3) is 1.00. The Morgan fingerprint density at radius 2 is 2.00 bits per heavy atom. The number of nitrogens with zero attached hydrogens (tertiary/aromatic N) is 1.